The van der Waals surface area contributed by atoms with Crippen LogP contribution in [0.25, 0.3) is 0 Å². The molecule has 1 saturated heterocycles. The lowest BCUT2D eigenvalue weighted by atomic mass is 9.99. The Morgan fingerprint density at radius 3 is 2.40 bits per heavy atom. The second-order valence-electron chi connectivity index (χ2n) is 3.30. The Kier molecular flexibility index (Phi) is 4.49. The van der Waals surface area contributed by atoms with Crippen molar-refractivity contribution in [3.05, 3.63) is 12.3 Å². The third kappa shape index (κ3) is 2.67. The van der Waals surface area contributed by atoms with Crippen molar-refractivity contribution in [2.75, 3.05) is 6.61 Å². The third-order valence-corrected chi connectivity index (χ3v) is 2.20. The second-order valence-corrected chi connectivity index (χ2v) is 3.30. The van der Waals surface area contributed by atoms with Crippen molar-refractivity contribution >= 4 is 0 Å². The molecule has 0 bridgehead atoms. The van der Waals surface area contributed by atoms with E-state index in [1.54, 1.807) is 13.0 Å². The zero-order chi connectivity index (χ0) is 11.4. The molecule has 1 heterocycles. The van der Waals surface area contributed by atoms with E-state index in [2.05, 4.69) is 0 Å². The largest absolute Gasteiger partial charge is 0.470 e. The van der Waals surface area contributed by atoms with E-state index in [0.29, 0.717) is 0 Å². The molecule has 0 radical (unpaired) electrons. The van der Waals surface area contributed by atoms with Gasteiger partial charge in [0, 0.05) is 0 Å². The van der Waals surface area contributed by atoms with Crippen LogP contribution in [-0.2, 0) is 9.47 Å². The molecule has 1 fully saturated rings. The second kappa shape index (κ2) is 5.43. The summed E-state index contributed by atoms with van der Waals surface area (Å²) in [7, 11) is 0. The lowest BCUT2D eigenvalue weighted by molar-refractivity contribution is -0.287. The van der Waals surface area contributed by atoms with E-state index in [4.69, 9.17) is 14.6 Å². The Hall–Kier alpha value is -0.660. The molecule has 0 spiro atoms. The first kappa shape index (κ1) is 12.4. The predicted molar refractivity (Wildman–Crippen MR) is 49.7 cm³/mol. The SMILES string of the molecule is CC=CO[C@H]1O[C@H](CO)[C@@H](O)[C@H](O)[C@H]1O. The lowest BCUT2D eigenvalue weighted by Crippen LogP contribution is -2.58. The van der Waals surface area contributed by atoms with Crippen LogP contribution in [0.4, 0.5) is 0 Å². The summed E-state index contributed by atoms with van der Waals surface area (Å²) in [4.78, 5) is 0. The fourth-order valence-electron chi connectivity index (χ4n) is 1.34. The fourth-order valence-corrected chi connectivity index (χ4v) is 1.34. The molecular formula is C9H16O6. The minimum absolute atomic E-state index is 0.458. The van der Waals surface area contributed by atoms with Crippen molar-refractivity contribution in [2.45, 2.75) is 37.6 Å². The van der Waals surface area contributed by atoms with E-state index >= 15 is 0 Å². The smallest absolute Gasteiger partial charge is 0.228 e. The van der Waals surface area contributed by atoms with Crippen LogP contribution in [0, 0.1) is 0 Å². The van der Waals surface area contributed by atoms with Crippen LogP contribution in [0.5, 0.6) is 0 Å². The highest BCUT2D eigenvalue weighted by molar-refractivity contribution is 4.89. The Labute approximate surface area is 87.4 Å². The molecule has 0 amide bonds. The minimum Gasteiger partial charge on any atom is -0.470 e. The zero-order valence-corrected chi connectivity index (χ0v) is 8.35. The van der Waals surface area contributed by atoms with Crippen molar-refractivity contribution < 1.29 is 29.9 Å². The van der Waals surface area contributed by atoms with Gasteiger partial charge in [-0.2, -0.15) is 0 Å². The molecular weight excluding hydrogens is 204 g/mol. The normalized spacial score (nSPS) is 42.1. The Morgan fingerprint density at radius 1 is 1.20 bits per heavy atom. The molecule has 1 rings (SSSR count). The van der Waals surface area contributed by atoms with Gasteiger partial charge in [-0.1, -0.05) is 6.08 Å². The van der Waals surface area contributed by atoms with E-state index in [0.717, 1.165) is 0 Å². The number of allylic oxidation sites excluding steroid dienone is 1. The molecule has 1 aliphatic heterocycles. The molecule has 88 valence electrons. The van der Waals surface area contributed by atoms with E-state index < -0.39 is 37.3 Å². The zero-order valence-electron chi connectivity index (χ0n) is 8.35. The number of hydrogen-bond donors (Lipinski definition) is 4. The van der Waals surface area contributed by atoms with Gasteiger partial charge in [-0.3, -0.25) is 0 Å². The standard InChI is InChI=1S/C9H16O6/c1-2-3-14-9-8(13)7(12)6(11)5(4-10)15-9/h2-3,5-13H,4H2,1H3/t5-,6-,7+,8-,9+/m1/s1. The average molecular weight is 220 g/mol. The van der Waals surface area contributed by atoms with Crippen LogP contribution in [0.3, 0.4) is 0 Å². The van der Waals surface area contributed by atoms with Gasteiger partial charge in [0.25, 0.3) is 0 Å². The van der Waals surface area contributed by atoms with Gasteiger partial charge in [0.15, 0.2) is 0 Å². The van der Waals surface area contributed by atoms with E-state index in [1.807, 2.05) is 0 Å². The highest BCUT2D eigenvalue weighted by Crippen LogP contribution is 2.21. The van der Waals surface area contributed by atoms with Crippen LogP contribution in [0.15, 0.2) is 12.3 Å². The highest BCUT2D eigenvalue weighted by Gasteiger charge is 2.44. The third-order valence-electron chi connectivity index (χ3n) is 2.20. The Morgan fingerprint density at radius 2 is 1.87 bits per heavy atom. The molecule has 0 saturated carbocycles. The van der Waals surface area contributed by atoms with Crippen molar-refractivity contribution in [2.24, 2.45) is 0 Å². The molecule has 6 heteroatoms. The van der Waals surface area contributed by atoms with Crippen molar-refractivity contribution in [3.8, 4) is 0 Å². The van der Waals surface area contributed by atoms with E-state index in [1.165, 1.54) is 6.26 Å². The van der Waals surface area contributed by atoms with Crippen molar-refractivity contribution in [1.29, 1.82) is 0 Å². The molecule has 15 heavy (non-hydrogen) atoms. The maximum atomic E-state index is 9.47. The van der Waals surface area contributed by atoms with Gasteiger partial charge >= 0.3 is 0 Å². The minimum atomic E-state index is -1.40. The quantitative estimate of drug-likeness (QED) is 0.425. The number of hydrogen-bond acceptors (Lipinski definition) is 6. The molecule has 0 aromatic rings. The summed E-state index contributed by atoms with van der Waals surface area (Å²) in [5, 5.41) is 37.1. The number of aliphatic hydroxyl groups excluding tert-OH is 4. The molecule has 4 N–H and O–H groups in total. The first-order valence-electron chi connectivity index (χ1n) is 4.69. The summed E-state index contributed by atoms with van der Waals surface area (Å²) in [6, 6.07) is 0. The summed E-state index contributed by atoms with van der Waals surface area (Å²) >= 11 is 0. The fraction of sp³-hybridized carbons (Fsp3) is 0.778. The maximum Gasteiger partial charge on any atom is 0.228 e. The highest BCUT2D eigenvalue weighted by atomic mass is 16.7. The monoisotopic (exact) mass is 220 g/mol. The van der Waals surface area contributed by atoms with Gasteiger partial charge < -0.3 is 29.9 Å². The Bertz CT molecular complexity index is 217. The summed E-state index contributed by atoms with van der Waals surface area (Å²) in [5.74, 6) is 0. The summed E-state index contributed by atoms with van der Waals surface area (Å²) in [5.41, 5.74) is 0. The summed E-state index contributed by atoms with van der Waals surface area (Å²) in [6.45, 7) is 1.25. The number of ether oxygens (including phenoxy) is 2. The predicted octanol–water partition coefficient (Wildman–Crippen LogP) is -1.66. The molecule has 0 aromatic heterocycles. The topological polar surface area (TPSA) is 99.4 Å². The number of rotatable bonds is 3. The number of aliphatic hydroxyl groups is 4. The lowest BCUT2D eigenvalue weighted by Gasteiger charge is -2.38. The van der Waals surface area contributed by atoms with Gasteiger partial charge in [0.1, 0.15) is 24.4 Å². The maximum absolute atomic E-state index is 9.47. The molecule has 6 nitrogen and oxygen atoms in total. The average Bonchev–Trinajstić information content (AvgIpc) is 2.25. The molecule has 1 aliphatic rings. The first-order valence-corrected chi connectivity index (χ1v) is 4.69. The van der Waals surface area contributed by atoms with Crippen molar-refractivity contribution in [1.82, 2.24) is 0 Å². The first-order chi connectivity index (χ1) is 7.11. The van der Waals surface area contributed by atoms with Crippen LogP contribution < -0.4 is 0 Å². The molecule has 0 aromatic carbocycles. The van der Waals surface area contributed by atoms with Gasteiger partial charge in [-0.25, -0.2) is 0 Å². The van der Waals surface area contributed by atoms with Crippen LogP contribution in [0.2, 0.25) is 0 Å². The molecule has 5 atom stereocenters. The molecule has 0 unspecified atom stereocenters. The van der Waals surface area contributed by atoms with Gasteiger partial charge in [0.2, 0.25) is 6.29 Å². The summed E-state index contributed by atoms with van der Waals surface area (Å²) in [6.07, 6.45) is -3.23. The Balaban J connectivity index is 2.65. The van der Waals surface area contributed by atoms with E-state index in [9.17, 15) is 15.3 Å². The van der Waals surface area contributed by atoms with Gasteiger partial charge in [0.05, 0.1) is 12.9 Å². The van der Waals surface area contributed by atoms with Crippen LogP contribution in [-0.4, -0.2) is 57.7 Å². The van der Waals surface area contributed by atoms with E-state index in [-0.39, 0.29) is 0 Å². The van der Waals surface area contributed by atoms with Gasteiger partial charge in [-0.05, 0) is 6.92 Å². The van der Waals surface area contributed by atoms with Crippen molar-refractivity contribution in [3.63, 3.8) is 0 Å². The van der Waals surface area contributed by atoms with Gasteiger partial charge in [-0.15, -0.1) is 0 Å². The van der Waals surface area contributed by atoms with Crippen LogP contribution >= 0.6 is 0 Å². The molecule has 0 aliphatic carbocycles. The van der Waals surface area contributed by atoms with Crippen LogP contribution in [0.1, 0.15) is 6.92 Å². The summed E-state index contributed by atoms with van der Waals surface area (Å²) < 4.78 is 10.0.